The average molecular weight is 376 g/mol. The zero-order valence-electron chi connectivity index (χ0n) is 15.9. The zero-order valence-corrected chi connectivity index (χ0v) is 15.9. The minimum absolute atomic E-state index is 0.0535. The van der Waals surface area contributed by atoms with E-state index in [1.165, 1.54) is 0 Å². The fourth-order valence-electron chi connectivity index (χ4n) is 3.26. The van der Waals surface area contributed by atoms with Gasteiger partial charge in [0.1, 0.15) is 5.75 Å². The third-order valence-electron chi connectivity index (χ3n) is 4.73. The van der Waals surface area contributed by atoms with Gasteiger partial charge in [-0.25, -0.2) is 4.79 Å². The van der Waals surface area contributed by atoms with Crippen LogP contribution in [0.4, 0.5) is 0 Å². The van der Waals surface area contributed by atoms with Gasteiger partial charge in [0.25, 0.3) is 0 Å². The Labute approximate surface area is 159 Å². The van der Waals surface area contributed by atoms with Crippen LogP contribution in [0.15, 0.2) is 24.3 Å². The number of rotatable bonds is 9. The second kappa shape index (κ2) is 9.94. The lowest BCUT2D eigenvalue weighted by atomic mass is 10.1. The predicted octanol–water partition coefficient (Wildman–Crippen LogP) is 2.41. The Morgan fingerprint density at radius 3 is 2.33 bits per heavy atom. The number of hydrogen-bond donors (Lipinski definition) is 3. The maximum atomic E-state index is 12.2. The molecule has 0 heterocycles. The number of benzene rings is 1. The standard InChI is InChI=1S/C20H28N2O5/c1-13(21-20(26)16-5-3-4-6-16)11-18(23)22-14(2)15-7-9-17(10-8-15)27-12-19(24)25/h7-10,13-14,16H,3-6,11-12H2,1-2H3,(H,21,26)(H,22,23)(H,24,25). The van der Waals surface area contributed by atoms with Gasteiger partial charge >= 0.3 is 5.97 Å². The molecule has 3 N–H and O–H groups in total. The molecule has 7 nitrogen and oxygen atoms in total. The van der Waals surface area contributed by atoms with Crippen molar-refractivity contribution in [1.82, 2.24) is 10.6 Å². The molecular weight excluding hydrogens is 348 g/mol. The highest BCUT2D eigenvalue weighted by molar-refractivity contribution is 5.81. The van der Waals surface area contributed by atoms with Crippen LogP contribution in [0.1, 0.15) is 57.6 Å². The van der Waals surface area contributed by atoms with Crippen molar-refractivity contribution in [2.24, 2.45) is 5.92 Å². The fraction of sp³-hybridized carbons (Fsp3) is 0.550. The summed E-state index contributed by atoms with van der Waals surface area (Å²) in [6.45, 7) is 3.31. The molecule has 2 rings (SSSR count). The Hall–Kier alpha value is -2.57. The van der Waals surface area contributed by atoms with E-state index in [0.29, 0.717) is 5.75 Å². The molecule has 1 aromatic carbocycles. The summed E-state index contributed by atoms with van der Waals surface area (Å²) < 4.78 is 5.09. The quantitative estimate of drug-likeness (QED) is 0.614. The van der Waals surface area contributed by atoms with Gasteiger partial charge in [-0.3, -0.25) is 9.59 Å². The van der Waals surface area contributed by atoms with Crippen LogP contribution in [0.5, 0.6) is 5.75 Å². The average Bonchev–Trinajstić information content (AvgIpc) is 3.14. The number of nitrogens with one attached hydrogen (secondary N) is 2. The summed E-state index contributed by atoms with van der Waals surface area (Å²) >= 11 is 0. The van der Waals surface area contributed by atoms with Crippen LogP contribution in [0.25, 0.3) is 0 Å². The highest BCUT2D eigenvalue weighted by atomic mass is 16.5. The smallest absolute Gasteiger partial charge is 0.341 e. The van der Waals surface area contributed by atoms with Crippen molar-refractivity contribution in [3.8, 4) is 5.75 Å². The Bertz CT molecular complexity index is 653. The molecule has 0 radical (unpaired) electrons. The summed E-state index contributed by atoms with van der Waals surface area (Å²) in [5, 5.41) is 14.5. The van der Waals surface area contributed by atoms with E-state index in [2.05, 4.69) is 10.6 Å². The van der Waals surface area contributed by atoms with Crippen molar-refractivity contribution in [3.63, 3.8) is 0 Å². The second-order valence-electron chi connectivity index (χ2n) is 7.14. The van der Waals surface area contributed by atoms with E-state index in [9.17, 15) is 14.4 Å². The number of aliphatic carboxylic acids is 1. The molecule has 0 bridgehead atoms. The lowest BCUT2D eigenvalue weighted by Crippen LogP contribution is -2.40. The number of ether oxygens (including phenoxy) is 1. The third kappa shape index (κ3) is 6.92. The van der Waals surface area contributed by atoms with Gasteiger partial charge in [-0.2, -0.15) is 0 Å². The molecule has 7 heteroatoms. The molecule has 0 saturated heterocycles. The molecule has 2 atom stereocenters. The monoisotopic (exact) mass is 376 g/mol. The maximum Gasteiger partial charge on any atom is 0.341 e. The van der Waals surface area contributed by atoms with Gasteiger partial charge in [-0.1, -0.05) is 25.0 Å². The first kappa shape index (κ1) is 20.7. The largest absolute Gasteiger partial charge is 0.482 e. The van der Waals surface area contributed by atoms with Crippen molar-refractivity contribution in [1.29, 1.82) is 0 Å². The zero-order chi connectivity index (χ0) is 19.8. The Kier molecular flexibility index (Phi) is 7.64. The molecule has 2 unspecified atom stereocenters. The van der Waals surface area contributed by atoms with E-state index in [1.54, 1.807) is 24.3 Å². The summed E-state index contributed by atoms with van der Waals surface area (Å²) in [6, 6.07) is 6.50. The SMILES string of the molecule is CC(CC(=O)NC(C)c1ccc(OCC(=O)O)cc1)NC(=O)C1CCCC1. The highest BCUT2D eigenvalue weighted by Gasteiger charge is 2.24. The minimum atomic E-state index is -1.03. The summed E-state index contributed by atoms with van der Waals surface area (Å²) in [6.07, 6.45) is 4.31. The molecule has 2 amide bonds. The van der Waals surface area contributed by atoms with Crippen molar-refractivity contribution < 1.29 is 24.2 Å². The van der Waals surface area contributed by atoms with Crippen molar-refractivity contribution in [2.75, 3.05) is 6.61 Å². The molecule has 148 valence electrons. The minimum Gasteiger partial charge on any atom is -0.482 e. The van der Waals surface area contributed by atoms with Crippen LogP contribution in [-0.2, 0) is 14.4 Å². The van der Waals surface area contributed by atoms with Crippen LogP contribution in [0.3, 0.4) is 0 Å². The van der Waals surface area contributed by atoms with Gasteiger partial charge < -0.3 is 20.5 Å². The van der Waals surface area contributed by atoms with Gasteiger partial charge in [-0.15, -0.1) is 0 Å². The van der Waals surface area contributed by atoms with E-state index < -0.39 is 12.6 Å². The molecule has 1 aliphatic rings. The lowest BCUT2D eigenvalue weighted by molar-refractivity contribution is -0.139. The predicted molar refractivity (Wildman–Crippen MR) is 100 cm³/mol. The Balaban J connectivity index is 1.76. The molecule has 27 heavy (non-hydrogen) atoms. The van der Waals surface area contributed by atoms with Crippen LogP contribution in [0, 0.1) is 5.92 Å². The highest BCUT2D eigenvalue weighted by Crippen LogP contribution is 2.24. The lowest BCUT2D eigenvalue weighted by Gasteiger charge is -2.19. The summed E-state index contributed by atoms with van der Waals surface area (Å²) in [7, 11) is 0. The number of carbonyl (C=O) groups is 3. The van der Waals surface area contributed by atoms with Crippen LogP contribution >= 0.6 is 0 Å². The van der Waals surface area contributed by atoms with Gasteiger partial charge in [0.05, 0.1) is 6.04 Å². The summed E-state index contributed by atoms with van der Waals surface area (Å²) in [5.41, 5.74) is 0.883. The summed E-state index contributed by atoms with van der Waals surface area (Å²) in [4.78, 5) is 34.8. The molecule has 0 spiro atoms. The van der Waals surface area contributed by atoms with Gasteiger partial charge in [0.15, 0.2) is 6.61 Å². The van der Waals surface area contributed by atoms with E-state index in [4.69, 9.17) is 9.84 Å². The number of carbonyl (C=O) groups excluding carboxylic acids is 2. The maximum absolute atomic E-state index is 12.2. The van der Waals surface area contributed by atoms with Crippen molar-refractivity contribution in [2.45, 2.75) is 58.0 Å². The molecule has 1 aromatic rings. The van der Waals surface area contributed by atoms with Crippen LogP contribution in [0.2, 0.25) is 0 Å². The van der Waals surface area contributed by atoms with E-state index in [0.717, 1.165) is 31.2 Å². The normalized spacial score (nSPS) is 16.4. The topological polar surface area (TPSA) is 105 Å². The van der Waals surface area contributed by atoms with Gasteiger partial charge in [-0.05, 0) is 44.4 Å². The molecule has 0 aromatic heterocycles. The molecule has 1 aliphatic carbocycles. The second-order valence-corrected chi connectivity index (χ2v) is 7.14. The first-order chi connectivity index (χ1) is 12.8. The van der Waals surface area contributed by atoms with E-state index in [-0.39, 0.29) is 36.2 Å². The molecule has 1 fully saturated rings. The molecule has 1 saturated carbocycles. The van der Waals surface area contributed by atoms with E-state index in [1.807, 2.05) is 13.8 Å². The van der Waals surface area contributed by atoms with Crippen LogP contribution < -0.4 is 15.4 Å². The van der Waals surface area contributed by atoms with Crippen molar-refractivity contribution in [3.05, 3.63) is 29.8 Å². The number of hydrogen-bond acceptors (Lipinski definition) is 4. The molecular formula is C20H28N2O5. The van der Waals surface area contributed by atoms with Crippen LogP contribution in [-0.4, -0.2) is 35.5 Å². The number of amides is 2. The van der Waals surface area contributed by atoms with Gasteiger partial charge in [0, 0.05) is 18.4 Å². The fourth-order valence-corrected chi connectivity index (χ4v) is 3.26. The molecule has 0 aliphatic heterocycles. The Morgan fingerprint density at radius 1 is 1.11 bits per heavy atom. The van der Waals surface area contributed by atoms with Gasteiger partial charge in [0.2, 0.25) is 11.8 Å². The van der Waals surface area contributed by atoms with E-state index >= 15 is 0 Å². The van der Waals surface area contributed by atoms with Crippen molar-refractivity contribution >= 4 is 17.8 Å². The number of carboxylic acid groups (broad SMARTS) is 1. The first-order valence-corrected chi connectivity index (χ1v) is 9.39. The first-order valence-electron chi connectivity index (χ1n) is 9.39. The Morgan fingerprint density at radius 2 is 1.74 bits per heavy atom. The summed E-state index contributed by atoms with van der Waals surface area (Å²) in [5.74, 6) is -0.557. The number of carboxylic acids is 1. The third-order valence-corrected chi connectivity index (χ3v) is 4.73.